The molecular formula is C13H11NO6. The van der Waals surface area contributed by atoms with Crippen molar-refractivity contribution >= 4 is 23.5 Å². The second-order valence-electron chi connectivity index (χ2n) is 4.71. The van der Waals surface area contributed by atoms with E-state index in [4.69, 9.17) is 9.84 Å². The summed E-state index contributed by atoms with van der Waals surface area (Å²) < 4.78 is 5.27. The summed E-state index contributed by atoms with van der Waals surface area (Å²) in [5.41, 5.74) is -0.225. The van der Waals surface area contributed by atoms with Crippen LogP contribution in [0.3, 0.4) is 0 Å². The molecule has 2 saturated heterocycles. The van der Waals surface area contributed by atoms with Crippen molar-refractivity contribution in [2.45, 2.75) is 25.0 Å². The van der Waals surface area contributed by atoms with Crippen molar-refractivity contribution in [3.63, 3.8) is 0 Å². The molecule has 0 radical (unpaired) electrons. The minimum atomic E-state index is -1.33. The molecule has 2 amide bonds. The SMILES string of the molecule is O=C(O)c1cc(N2C(=O)C3CCC(O3)C2=O)ccc1O. The van der Waals surface area contributed by atoms with Gasteiger partial charge in [-0.05, 0) is 31.0 Å². The fourth-order valence-electron chi connectivity index (χ4n) is 2.49. The smallest absolute Gasteiger partial charge is 0.339 e. The molecule has 0 spiro atoms. The minimum Gasteiger partial charge on any atom is -0.507 e. The number of hydrogen-bond acceptors (Lipinski definition) is 5. The number of carbonyl (C=O) groups excluding carboxylic acids is 2. The molecule has 20 heavy (non-hydrogen) atoms. The van der Waals surface area contributed by atoms with Gasteiger partial charge in [-0.2, -0.15) is 0 Å². The van der Waals surface area contributed by atoms with Gasteiger partial charge in [0.15, 0.2) is 0 Å². The van der Waals surface area contributed by atoms with Crippen molar-refractivity contribution in [2.75, 3.05) is 4.90 Å². The van der Waals surface area contributed by atoms with E-state index in [2.05, 4.69) is 0 Å². The molecule has 7 heteroatoms. The van der Waals surface area contributed by atoms with Crippen LogP contribution in [0.2, 0.25) is 0 Å². The largest absolute Gasteiger partial charge is 0.507 e. The fourth-order valence-corrected chi connectivity index (χ4v) is 2.49. The Morgan fingerprint density at radius 1 is 1.20 bits per heavy atom. The Hall–Kier alpha value is -2.41. The number of nitrogens with zero attached hydrogens (tertiary/aromatic N) is 1. The molecule has 1 aromatic carbocycles. The maximum absolute atomic E-state index is 12.1. The van der Waals surface area contributed by atoms with Gasteiger partial charge in [0.2, 0.25) is 0 Å². The number of morpholine rings is 1. The molecule has 2 atom stereocenters. The van der Waals surface area contributed by atoms with Crippen LogP contribution in [-0.2, 0) is 14.3 Å². The molecule has 2 aliphatic heterocycles. The number of rotatable bonds is 2. The molecule has 0 aromatic heterocycles. The summed E-state index contributed by atoms with van der Waals surface area (Å²) in [6.45, 7) is 0. The van der Waals surface area contributed by atoms with E-state index in [-0.39, 0.29) is 11.3 Å². The van der Waals surface area contributed by atoms with E-state index < -0.39 is 35.7 Å². The normalized spacial score (nSPS) is 25.1. The van der Waals surface area contributed by atoms with Gasteiger partial charge in [0.25, 0.3) is 11.8 Å². The van der Waals surface area contributed by atoms with Crippen LogP contribution in [0.5, 0.6) is 5.75 Å². The average molecular weight is 277 g/mol. The monoisotopic (exact) mass is 277 g/mol. The zero-order valence-electron chi connectivity index (χ0n) is 10.3. The molecule has 0 aliphatic carbocycles. The van der Waals surface area contributed by atoms with Crippen molar-refractivity contribution in [3.05, 3.63) is 23.8 Å². The Kier molecular flexibility index (Phi) is 2.72. The van der Waals surface area contributed by atoms with Crippen LogP contribution in [0.4, 0.5) is 5.69 Å². The molecule has 104 valence electrons. The summed E-state index contributed by atoms with van der Waals surface area (Å²) in [7, 11) is 0. The lowest BCUT2D eigenvalue weighted by molar-refractivity contribution is -0.146. The number of aromatic hydroxyl groups is 1. The number of carboxylic acid groups (broad SMARTS) is 1. The highest BCUT2D eigenvalue weighted by atomic mass is 16.5. The standard InChI is InChI=1S/C13H11NO6/c15-8-2-1-6(5-7(8)13(18)19)14-11(16)9-3-4-10(20-9)12(14)17/h1-2,5,9-10,15H,3-4H2,(H,18,19). The molecular weight excluding hydrogens is 266 g/mol. The van der Waals surface area contributed by atoms with E-state index in [1.807, 2.05) is 0 Å². The highest BCUT2D eigenvalue weighted by Gasteiger charge is 2.47. The zero-order chi connectivity index (χ0) is 14.4. The topological polar surface area (TPSA) is 104 Å². The molecule has 2 fully saturated rings. The minimum absolute atomic E-state index is 0.135. The van der Waals surface area contributed by atoms with E-state index in [9.17, 15) is 19.5 Å². The average Bonchev–Trinajstić information content (AvgIpc) is 2.85. The number of fused-ring (bicyclic) bond motifs is 2. The van der Waals surface area contributed by atoms with Crippen molar-refractivity contribution in [3.8, 4) is 5.75 Å². The molecule has 2 aliphatic rings. The summed E-state index contributed by atoms with van der Waals surface area (Å²) in [4.78, 5) is 36.2. The lowest BCUT2D eigenvalue weighted by Gasteiger charge is -2.30. The van der Waals surface area contributed by atoms with Gasteiger partial charge in [0, 0.05) is 0 Å². The van der Waals surface area contributed by atoms with Gasteiger partial charge in [0.1, 0.15) is 23.5 Å². The number of carboxylic acids is 1. The van der Waals surface area contributed by atoms with Gasteiger partial charge in [-0.3, -0.25) is 9.59 Å². The van der Waals surface area contributed by atoms with E-state index in [1.165, 1.54) is 6.07 Å². The Morgan fingerprint density at radius 3 is 2.35 bits per heavy atom. The Bertz CT molecular complexity index is 603. The van der Waals surface area contributed by atoms with Gasteiger partial charge >= 0.3 is 5.97 Å². The third-order valence-electron chi connectivity index (χ3n) is 3.48. The van der Waals surface area contributed by atoms with Crippen LogP contribution < -0.4 is 4.90 Å². The zero-order valence-corrected chi connectivity index (χ0v) is 10.3. The fraction of sp³-hybridized carbons (Fsp3) is 0.308. The van der Waals surface area contributed by atoms with Crippen molar-refractivity contribution in [1.29, 1.82) is 0 Å². The number of ether oxygens (including phenoxy) is 1. The number of imide groups is 1. The van der Waals surface area contributed by atoms with Crippen molar-refractivity contribution in [2.24, 2.45) is 0 Å². The Morgan fingerprint density at radius 2 is 1.80 bits per heavy atom. The molecule has 3 rings (SSSR count). The first-order valence-corrected chi connectivity index (χ1v) is 6.08. The van der Waals surface area contributed by atoms with Crippen LogP contribution in [0.1, 0.15) is 23.2 Å². The molecule has 2 bridgehead atoms. The predicted molar refractivity (Wildman–Crippen MR) is 65.5 cm³/mol. The van der Waals surface area contributed by atoms with E-state index >= 15 is 0 Å². The highest BCUT2D eigenvalue weighted by Crippen LogP contribution is 2.33. The first-order chi connectivity index (χ1) is 9.49. The highest BCUT2D eigenvalue weighted by molar-refractivity contribution is 6.20. The number of phenols is 1. The number of carbonyl (C=O) groups is 3. The Labute approximate surface area is 113 Å². The maximum Gasteiger partial charge on any atom is 0.339 e. The lowest BCUT2D eigenvalue weighted by Crippen LogP contribution is -2.52. The molecule has 7 nitrogen and oxygen atoms in total. The van der Waals surface area contributed by atoms with E-state index in [0.29, 0.717) is 12.8 Å². The second kappa shape index (κ2) is 4.31. The molecule has 2 N–H and O–H groups in total. The third-order valence-corrected chi connectivity index (χ3v) is 3.48. The number of hydrogen-bond donors (Lipinski definition) is 2. The summed E-state index contributed by atoms with van der Waals surface area (Å²) in [5.74, 6) is -2.74. The number of benzene rings is 1. The van der Waals surface area contributed by atoms with Crippen LogP contribution in [0.15, 0.2) is 18.2 Å². The van der Waals surface area contributed by atoms with Gasteiger partial charge < -0.3 is 14.9 Å². The molecule has 2 heterocycles. The van der Waals surface area contributed by atoms with E-state index in [1.54, 1.807) is 0 Å². The first-order valence-electron chi connectivity index (χ1n) is 6.08. The van der Waals surface area contributed by atoms with Crippen LogP contribution >= 0.6 is 0 Å². The van der Waals surface area contributed by atoms with Gasteiger partial charge in [0.05, 0.1) is 5.69 Å². The maximum atomic E-state index is 12.1. The second-order valence-corrected chi connectivity index (χ2v) is 4.71. The summed E-state index contributed by atoms with van der Waals surface area (Å²) >= 11 is 0. The molecule has 2 unspecified atom stereocenters. The van der Waals surface area contributed by atoms with Crippen LogP contribution in [0.25, 0.3) is 0 Å². The van der Waals surface area contributed by atoms with Crippen LogP contribution in [-0.4, -0.2) is 40.2 Å². The van der Waals surface area contributed by atoms with Crippen LogP contribution in [0, 0.1) is 0 Å². The predicted octanol–water partition coefficient (Wildman–Crippen LogP) is 0.511. The number of aromatic carboxylic acids is 1. The van der Waals surface area contributed by atoms with Crippen molar-refractivity contribution < 1.29 is 29.3 Å². The summed E-state index contributed by atoms with van der Waals surface area (Å²) in [6.07, 6.45) is -0.342. The van der Waals surface area contributed by atoms with Gasteiger partial charge in [-0.25, -0.2) is 9.69 Å². The van der Waals surface area contributed by atoms with Crippen molar-refractivity contribution in [1.82, 2.24) is 0 Å². The summed E-state index contributed by atoms with van der Waals surface area (Å²) in [6, 6.07) is 3.59. The first kappa shape index (κ1) is 12.6. The van der Waals surface area contributed by atoms with Gasteiger partial charge in [-0.1, -0.05) is 0 Å². The molecule has 1 aromatic rings. The number of anilines is 1. The lowest BCUT2D eigenvalue weighted by atomic mass is 10.1. The Balaban J connectivity index is 2.04. The molecule has 0 saturated carbocycles. The van der Waals surface area contributed by atoms with Gasteiger partial charge in [-0.15, -0.1) is 0 Å². The third kappa shape index (κ3) is 1.75. The number of amides is 2. The summed E-state index contributed by atoms with van der Waals surface area (Å²) in [5, 5.41) is 18.4. The quantitative estimate of drug-likeness (QED) is 0.763. The van der Waals surface area contributed by atoms with E-state index in [0.717, 1.165) is 17.0 Å².